The summed E-state index contributed by atoms with van der Waals surface area (Å²) in [5.74, 6) is -0.301. The Morgan fingerprint density at radius 1 is 1.19 bits per heavy atom. The van der Waals surface area contributed by atoms with E-state index in [0.29, 0.717) is 36.7 Å². The highest BCUT2D eigenvalue weighted by molar-refractivity contribution is 5.94. The maximum absolute atomic E-state index is 14.6. The molecule has 0 spiro atoms. The highest BCUT2D eigenvalue weighted by Crippen LogP contribution is 2.42. The molecule has 2 N–H and O–H groups in total. The van der Waals surface area contributed by atoms with Gasteiger partial charge in [-0.25, -0.2) is 9.49 Å². The van der Waals surface area contributed by atoms with E-state index in [1.54, 1.807) is 24.0 Å². The van der Waals surface area contributed by atoms with Crippen molar-refractivity contribution in [3.63, 3.8) is 0 Å². The van der Waals surface area contributed by atoms with Gasteiger partial charge in [0.1, 0.15) is 5.82 Å². The van der Waals surface area contributed by atoms with E-state index < -0.39 is 5.82 Å². The first-order chi connectivity index (χ1) is 14.9. The van der Waals surface area contributed by atoms with Crippen LogP contribution in [0.25, 0.3) is 0 Å². The fourth-order valence-electron chi connectivity index (χ4n) is 4.27. The van der Waals surface area contributed by atoms with Gasteiger partial charge in [0.25, 0.3) is 11.5 Å². The molecule has 1 aliphatic heterocycles. The number of nitrogens with zero attached hydrogens (tertiary/aromatic N) is 3. The third kappa shape index (κ3) is 3.56. The molecule has 5 rings (SSSR count). The van der Waals surface area contributed by atoms with Crippen LogP contribution < -0.4 is 5.56 Å². The van der Waals surface area contributed by atoms with Gasteiger partial charge in [-0.3, -0.25) is 14.7 Å². The summed E-state index contributed by atoms with van der Waals surface area (Å²) in [5.41, 5.74) is 6.06. The monoisotopic (exact) mass is 421 g/mol. The number of benzene rings is 1. The maximum atomic E-state index is 14.6. The first-order valence-corrected chi connectivity index (χ1v) is 10.6. The SMILES string of the molecule is Cc1c(Cc2ccc(F)c(C(=O)N3CCc4c(C5CC5)n[nH]c4C3)c2)n[nH]c(=O)c1C. The van der Waals surface area contributed by atoms with Crippen molar-refractivity contribution in [2.75, 3.05) is 6.54 Å². The van der Waals surface area contributed by atoms with Crippen LogP contribution in [0.3, 0.4) is 0 Å². The van der Waals surface area contributed by atoms with Crippen LogP contribution in [0.2, 0.25) is 0 Å². The second kappa shape index (κ2) is 7.44. The number of fused-ring (bicyclic) bond motifs is 1. The second-order valence-electron chi connectivity index (χ2n) is 8.56. The van der Waals surface area contributed by atoms with Crippen LogP contribution in [0.4, 0.5) is 4.39 Å². The van der Waals surface area contributed by atoms with Crippen molar-refractivity contribution in [1.82, 2.24) is 25.3 Å². The number of rotatable bonds is 4. The summed E-state index contributed by atoms with van der Waals surface area (Å²) in [6.45, 7) is 4.55. The largest absolute Gasteiger partial charge is 0.332 e. The molecule has 0 unspecified atom stereocenters. The lowest BCUT2D eigenvalue weighted by Crippen LogP contribution is -2.36. The van der Waals surface area contributed by atoms with E-state index in [9.17, 15) is 14.0 Å². The van der Waals surface area contributed by atoms with Crippen molar-refractivity contribution in [3.8, 4) is 0 Å². The van der Waals surface area contributed by atoms with E-state index in [1.807, 2.05) is 6.92 Å². The summed E-state index contributed by atoms with van der Waals surface area (Å²) in [5, 5.41) is 14.2. The van der Waals surface area contributed by atoms with Crippen LogP contribution in [-0.2, 0) is 19.4 Å². The Morgan fingerprint density at radius 2 is 2.00 bits per heavy atom. The number of aromatic nitrogens is 4. The smallest absolute Gasteiger partial charge is 0.267 e. The number of carbonyl (C=O) groups excluding carboxylic acids is 1. The molecule has 8 heteroatoms. The van der Waals surface area contributed by atoms with E-state index in [1.165, 1.54) is 24.5 Å². The van der Waals surface area contributed by atoms with E-state index in [2.05, 4.69) is 20.4 Å². The molecule has 0 bridgehead atoms. The molecule has 160 valence electrons. The molecule has 0 radical (unpaired) electrons. The number of nitrogens with one attached hydrogen (secondary N) is 2. The highest BCUT2D eigenvalue weighted by Gasteiger charge is 2.33. The number of hydrogen-bond acceptors (Lipinski definition) is 4. The number of carbonyl (C=O) groups is 1. The van der Waals surface area contributed by atoms with Crippen LogP contribution in [0.1, 0.15) is 68.5 Å². The lowest BCUT2D eigenvalue weighted by molar-refractivity contribution is 0.0727. The van der Waals surface area contributed by atoms with Gasteiger partial charge >= 0.3 is 0 Å². The quantitative estimate of drug-likeness (QED) is 0.677. The minimum atomic E-state index is -0.537. The predicted molar refractivity (Wildman–Crippen MR) is 113 cm³/mol. The first-order valence-electron chi connectivity index (χ1n) is 10.6. The minimum Gasteiger partial charge on any atom is -0.332 e. The summed E-state index contributed by atoms with van der Waals surface area (Å²) in [6, 6.07) is 4.57. The fraction of sp³-hybridized carbons (Fsp3) is 0.391. The van der Waals surface area contributed by atoms with Gasteiger partial charge in [0, 0.05) is 30.0 Å². The summed E-state index contributed by atoms with van der Waals surface area (Å²) >= 11 is 0. The van der Waals surface area contributed by atoms with E-state index in [-0.39, 0.29) is 17.0 Å². The normalized spacial score (nSPS) is 15.8. The lowest BCUT2D eigenvalue weighted by atomic mass is 9.99. The van der Waals surface area contributed by atoms with Crippen LogP contribution in [0, 0.1) is 19.7 Å². The Kier molecular flexibility index (Phi) is 4.72. The molecule has 3 aromatic rings. The zero-order valence-corrected chi connectivity index (χ0v) is 17.6. The van der Waals surface area contributed by atoms with Crippen molar-refractivity contribution in [1.29, 1.82) is 0 Å². The van der Waals surface area contributed by atoms with E-state index in [0.717, 1.165) is 28.9 Å². The summed E-state index contributed by atoms with van der Waals surface area (Å²) in [6.07, 6.45) is 3.51. The van der Waals surface area contributed by atoms with Gasteiger partial charge in [0.05, 0.1) is 29.2 Å². The van der Waals surface area contributed by atoms with Crippen molar-refractivity contribution in [2.45, 2.75) is 52.0 Å². The minimum absolute atomic E-state index is 0.0571. The molecule has 2 aromatic heterocycles. The standard InChI is InChI=1S/C23H24FN5O2/c1-12-13(2)22(30)28-25-19(12)10-14-3-6-18(24)17(9-14)23(31)29-8-7-16-20(11-29)26-27-21(16)15-4-5-15/h3,6,9,15H,4-5,7-8,10-11H2,1-2H3,(H,26,27)(H,28,30). The number of H-pyrrole nitrogens is 2. The molecule has 3 heterocycles. The average Bonchev–Trinajstić information content (AvgIpc) is 3.53. The maximum Gasteiger partial charge on any atom is 0.267 e. The van der Waals surface area contributed by atoms with E-state index >= 15 is 0 Å². The van der Waals surface area contributed by atoms with Gasteiger partial charge in [0.15, 0.2) is 0 Å². The zero-order valence-electron chi connectivity index (χ0n) is 17.6. The van der Waals surface area contributed by atoms with Gasteiger partial charge in [-0.2, -0.15) is 10.2 Å². The molecule has 1 saturated carbocycles. The number of halogens is 1. The van der Waals surface area contributed by atoms with Gasteiger partial charge in [-0.1, -0.05) is 6.07 Å². The molecule has 1 fully saturated rings. The lowest BCUT2D eigenvalue weighted by Gasteiger charge is -2.27. The molecule has 7 nitrogen and oxygen atoms in total. The molecule has 0 atom stereocenters. The number of amides is 1. The Morgan fingerprint density at radius 3 is 2.77 bits per heavy atom. The summed E-state index contributed by atoms with van der Waals surface area (Å²) < 4.78 is 14.6. The van der Waals surface area contributed by atoms with Crippen molar-refractivity contribution in [2.24, 2.45) is 0 Å². The Hall–Kier alpha value is -3.29. The number of hydrogen-bond donors (Lipinski definition) is 2. The van der Waals surface area contributed by atoms with Crippen LogP contribution >= 0.6 is 0 Å². The van der Waals surface area contributed by atoms with Crippen LogP contribution in [0.15, 0.2) is 23.0 Å². The van der Waals surface area contributed by atoms with Crippen molar-refractivity contribution in [3.05, 3.63) is 79.3 Å². The van der Waals surface area contributed by atoms with E-state index in [4.69, 9.17) is 0 Å². The van der Waals surface area contributed by atoms with Crippen molar-refractivity contribution < 1.29 is 9.18 Å². The van der Waals surface area contributed by atoms with Gasteiger partial charge in [-0.15, -0.1) is 0 Å². The van der Waals surface area contributed by atoms with Crippen molar-refractivity contribution >= 4 is 5.91 Å². The Labute approximate surface area is 178 Å². The molecular weight excluding hydrogens is 397 g/mol. The third-order valence-electron chi connectivity index (χ3n) is 6.48. The van der Waals surface area contributed by atoms with Gasteiger partial charge in [0.2, 0.25) is 0 Å². The van der Waals surface area contributed by atoms with Crippen LogP contribution in [0.5, 0.6) is 0 Å². The fourth-order valence-corrected chi connectivity index (χ4v) is 4.27. The molecular formula is C23H24FN5O2. The Bertz CT molecular complexity index is 1240. The average molecular weight is 421 g/mol. The molecule has 0 saturated heterocycles. The van der Waals surface area contributed by atoms with Crippen LogP contribution in [-0.4, -0.2) is 37.7 Å². The molecule has 1 aliphatic carbocycles. The molecule has 1 aromatic carbocycles. The van der Waals surface area contributed by atoms with Gasteiger partial charge in [-0.05, 0) is 56.4 Å². The summed E-state index contributed by atoms with van der Waals surface area (Å²) in [7, 11) is 0. The highest BCUT2D eigenvalue weighted by atomic mass is 19.1. The number of aromatic amines is 2. The third-order valence-corrected chi connectivity index (χ3v) is 6.48. The van der Waals surface area contributed by atoms with Gasteiger partial charge < -0.3 is 4.90 Å². The molecule has 31 heavy (non-hydrogen) atoms. The Balaban J connectivity index is 1.38. The zero-order chi connectivity index (χ0) is 21.7. The summed E-state index contributed by atoms with van der Waals surface area (Å²) in [4.78, 5) is 26.5. The molecule has 2 aliphatic rings. The first kappa shape index (κ1) is 19.7. The topological polar surface area (TPSA) is 94.7 Å². The molecule has 1 amide bonds. The predicted octanol–water partition coefficient (Wildman–Crippen LogP) is 2.92. The second-order valence-corrected chi connectivity index (χ2v) is 8.56.